The molecule has 0 spiro atoms. The van der Waals surface area contributed by atoms with Crippen molar-refractivity contribution in [3.63, 3.8) is 0 Å². The van der Waals surface area contributed by atoms with E-state index in [0.29, 0.717) is 28.1 Å². The minimum absolute atomic E-state index is 0.0629. The van der Waals surface area contributed by atoms with Crippen LogP contribution in [0.25, 0.3) is 5.57 Å². The maximum Gasteiger partial charge on any atom is 0.295 e. The van der Waals surface area contributed by atoms with E-state index < -0.39 is 10.1 Å². The maximum absolute atomic E-state index is 12.6. The summed E-state index contributed by atoms with van der Waals surface area (Å²) in [5.41, 5.74) is 6.16. The lowest BCUT2D eigenvalue weighted by Gasteiger charge is -2.28. The largest absolute Gasteiger partial charge is 0.367 e. The first kappa shape index (κ1) is 32.5. The summed E-state index contributed by atoms with van der Waals surface area (Å²) in [5.74, 6) is 0. The molecule has 0 aromatic heterocycles. The predicted molar refractivity (Wildman–Crippen MR) is 185 cm³/mol. The lowest BCUT2D eigenvalue weighted by molar-refractivity contribution is 0.264. The summed E-state index contributed by atoms with van der Waals surface area (Å²) in [5, 5.41) is 0. The molecular formula is C37H38N2O4S2. The van der Waals surface area contributed by atoms with Gasteiger partial charge in [-0.25, -0.2) is 0 Å². The fraction of sp³-hybridized carbons (Fsp3) is 0.189. The van der Waals surface area contributed by atoms with Gasteiger partial charge in [-0.1, -0.05) is 110 Å². The highest BCUT2D eigenvalue weighted by Gasteiger charge is 2.23. The van der Waals surface area contributed by atoms with Crippen molar-refractivity contribution >= 4 is 33.4 Å². The van der Waals surface area contributed by atoms with E-state index in [4.69, 9.17) is 0 Å². The second-order valence-corrected chi connectivity index (χ2v) is 12.9. The normalized spacial score (nSPS) is 14.6. The zero-order valence-corrected chi connectivity index (χ0v) is 27.1. The number of rotatable bonds is 12. The number of hydrogen-bond acceptors (Lipinski definition) is 6. The molecule has 0 amide bonds. The van der Waals surface area contributed by atoms with E-state index in [0.717, 1.165) is 43.0 Å². The van der Waals surface area contributed by atoms with Crippen LogP contribution in [0.2, 0.25) is 0 Å². The Bertz CT molecular complexity index is 1770. The molecule has 4 aromatic carbocycles. The Labute approximate surface area is 271 Å². The van der Waals surface area contributed by atoms with Crippen molar-refractivity contribution < 1.29 is 17.5 Å². The monoisotopic (exact) mass is 638 g/mol. The minimum atomic E-state index is -4.60. The van der Waals surface area contributed by atoms with Gasteiger partial charge in [-0.3, -0.25) is 9.45 Å². The standard InChI is InChI=1S/C37H38N2O4S2/c1-3-38(26-28-11-7-5-8-12-28)32-19-15-30(16-20-32)37(35-24-23-34(44-40)25-36(35)45(41,42)43)31-17-21-33(22-18-31)39(4-2)27-29-13-9-6-10-14-29/h5-25,32,40H,3-4,26-27H2,1-2H3,(H,41,42,43). The van der Waals surface area contributed by atoms with Crippen LogP contribution in [-0.2, 0) is 23.2 Å². The van der Waals surface area contributed by atoms with Crippen LogP contribution < -0.4 is 4.90 Å². The molecule has 0 saturated heterocycles. The lowest BCUT2D eigenvalue weighted by atomic mass is 9.90. The van der Waals surface area contributed by atoms with Crippen molar-refractivity contribution in [3.05, 3.63) is 155 Å². The highest BCUT2D eigenvalue weighted by molar-refractivity contribution is 7.93. The van der Waals surface area contributed by atoms with Crippen LogP contribution in [0.3, 0.4) is 0 Å². The molecule has 0 saturated carbocycles. The summed E-state index contributed by atoms with van der Waals surface area (Å²) in [6.07, 6.45) is 8.30. The van der Waals surface area contributed by atoms with Gasteiger partial charge in [0.1, 0.15) is 4.90 Å². The Hall–Kier alpha value is -3.92. The van der Waals surface area contributed by atoms with Crippen LogP contribution in [0.15, 0.2) is 143 Å². The van der Waals surface area contributed by atoms with Crippen LogP contribution in [0.1, 0.15) is 36.1 Å². The molecule has 232 valence electrons. The van der Waals surface area contributed by atoms with E-state index in [2.05, 4.69) is 60.1 Å². The van der Waals surface area contributed by atoms with Crippen LogP contribution in [0.5, 0.6) is 0 Å². The van der Waals surface area contributed by atoms with Gasteiger partial charge in [0, 0.05) is 53.9 Å². The average Bonchev–Trinajstić information content (AvgIpc) is 3.07. The van der Waals surface area contributed by atoms with E-state index in [1.807, 2.05) is 72.8 Å². The van der Waals surface area contributed by atoms with E-state index in [9.17, 15) is 17.5 Å². The number of hydrogen-bond donors (Lipinski definition) is 2. The van der Waals surface area contributed by atoms with Crippen LogP contribution >= 0.6 is 12.0 Å². The van der Waals surface area contributed by atoms with Crippen molar-refractivity contribution in [2.75, 3.05) is 18.0 Å². The third-order valence-electron chi connectivity index (χ3n) is 8.02. The molecule has 45 heavy (non-hydrogen) atoms. The molecule has 0 unspecified atom stereocenters. The Balaban J connectivity index is 1.55. The van der Waals surface area contributed by atoms with E-state index in [-0.39, 0.29) is 10.9 Å². The summed E-state index contributed by atoms with van der Waals surface area (Å²) < 4.78 is 45.2. The van der Waals surface area contributed by atoms with E-state index in [1.54, 1.807) is 12.1 Å². The number of nitrogens with zero attached hydrogens (tertiary/aromatic N) is 2. The van der Waals surface area contributed by atoms with Crippen molar-refractivity contribution in [3.8, 4) is 0 Å². The Morgan fingerprint density at radius 2 is 1.38 bits per heavy atom. The summed E-state index contributed by atoms with van der Waals surface area (Å²) in [6, 6.07) is 33.4. The summed E-state index contributed by atoms with van der Waals surface area (Å²) in [4.78, 5) is 4.70. The molecule has 1 aliphatic rings. The molecule has 4 aromatic rings. The molecule has 2 N–H and O–H groups in total. The van der Waals surface area contributed by atoms with Crippen LogP contribution in [0, 0.1) is 0 Å². The Morgan fingerprint density at radius 1 is 0.778 bits per heavy atom. The first-order valence-electron chi connectivity index (χ1n) is 15.0. The quantitative estimate of drug-likeness (QED) is 0.119. The predicted octanol–water partition coefficient (Wildman–Crippen LogP) is 8.34. The average molecular weight is 639 g/mol. The van der Waals surface area contributed by atoms with Crippen LogP contribution in [-0.4, -0.2) is 41.6 Å². The van der Waals surface area contributed by atoms with Crippen molar-refractivity contribution in [2.24, 2.45) is 0 Å². The lowest BCUT2D eigenvalue weighted by Crippen LogP contribution is -2.32. The number of likely N-dealkylation sites (N-methyl/N-ethyl adjacent to an activating group) is 1. The molecule has 0 aliphatic heterocycles. The fourth-order valence-corrected chi connectivity index (χ4v) is 6.76. The number of anilines is 1. The molecule has 8 heteroatoms. The summed E-state index contributed by atoms with van der Waals surface area (Å²) in [6.45, 7) is 7.49. The summed E-state index contributed by atoms with van der Waals surface area (Å²) in [7, 11) is -4.60. The Kier molecular flexibility index (Phi) is 10.8. The van der Waals surface area contributed by atoms with Gasteiger partial charge in [0.05, 0.1) is 0 Å². The highest BCUT2D eigenvalue weighted by Crippen LogP contribution is 2.36. The first-order chi connectivity index (χ1) is 21.8. The fourth-order valence-electron chi connectivity index (χ4n) is 5.67. The van der Waals surface area contributed by atoms with E-state index in [1.165, 1.54) is 17.2 Å². The van der Waals surface area contributed by atoms with Crippen molar-refractivity contribution in [2.45, 2.75) is 42.8 Å². The zero-order valence-electron chi connectivity index (χ0n) is 25.5. The molecule has 0 fully saturated rings. The smallest absolute Gasteiger partial charge is 0.295 e. The van der Waals surface area contributed by atoms with Gasteiger partial charge in [0.25, 0.3) is 10.1 Å². The molecule has 0 bridgehead atoms. The first-order valence-corrected chi connectivity index (χ1v) is 17.2. The van der Waals surface area contributed by atoms with E-state index >= 15 is 0 Å². The number of allylic oxidation sites excluding steroid dienone is 3. The van der Waals surface area contributed by atoms with Gasteiger partial charge in [0.15, 0.2) is 0 Å². The second kappa shape index (κ2) is 14.9. The van der Waals surface area contributed by atoms with Gasteiger partial charge >= 0.3 is 0 Å². The SMILES string of the molecule is CCN(Cc1ccccc1)c1ccc(C(=C2C=CC(N(CC)Cc3ccccc3)C=C2)c2ccc(SO)cc2S(=O)(=O)O)cc1. The minimum Gasteiger partial charge on any atom is -0.367 e. The molecular weight excluding hydrogens is 601 g/mol. The van der Waals surface area contributed by atoms with Gasteiger partial charge in [-0.2, -0.15) is 8.42 Å². The highest BCUT2D eigenvalue weighted by atomic mass is 32.2. The molecule has 0 radical (unpaired) electrons. The number of benzene rings is 4. The molecule has 0 atom stereocenters. The van der Waals surface area contributed by atoms with Crippen LogP contribution in [0.4, 0.5) is 5.69 Å². The zero-order chi connectivity index (χ0) is 31.8. The van der Waals surface area contributed by atoms with Gasteiger partial charge in [-0.15, -0.1) is 0 Å². The third kappa shape index (κ3) is 8.03. The second-order valence-electron chi connectivity index (χ2n) is 10.9. The molecule has 1 aliphatic carbocycles. The third-order valence-corrected chi connectivity index (χ3v) is 9.37. The van der Waals surface area contributed by atoms with Crippen molar-refractivity contribution in [1.82, 2.24) is 4.90 Å². The van der Waals surface area contributed by atoms with Gasteiger partial charge in [0.2, 0.25) is 0 Å². The molecule has 5 rings (SSSR count). The topological polar surface area (TPSA) is 81.1 Å². The molecule has 6 nitrogen and oxygen atoms in total. The van der Waals surface area contributed by atoms with Crippen molar-refractivity contribution in [1.29, 1.82) is 0 Å². The summed E-state index contributed by atoms with van der Waals surface area (Å²) >= 11 is 0.435. The molecule has 0 heterocycles. The maximum atomic E-state index is 12.6. The van der Waals surface area contributed by atoms with Gasteiger partial charge < -0.3 is 9.45 Å². The Morgan fingerprint density at radius 3 is 1.91 bits per heavy atom. The van der Waals surface area contributed by atoms with Gasteiger partial charge in [-0.05, 0) is 65.6 Å².